The van der Waals surface area contributed by atoms with E-state index in [1.807, 2.05) is 5.38 Å². The highest BCUT2D eigenvalue weighted by Gasteiger charge is 2.27. The Morgan fingerprint density at radius 2 is 2.08 bits per heavy atom. The Bertz CT molecular complexity index is 754. The van der Waals surface area contributed by atoms with E-state index in [1.165, 1.54) is 18.2 Å². The largest absolute Gasteiger partial charge is 0.301 e. The van der Waals surface area contributed by atoms with Crippen LogP contribution in [0.25, 0.3) is 5.70 Å². The SMILES string of the molecule is Fc1cccc(F)c1C1C=C(c2csc(C3CCNOC3)n2)NO1. The zero-order valence-electron chi connectivity index (χ0n) is 12.6. The lowest BCUT2D eigenvalue weighted by molar-refractivity contribution is 0.000436. The number of halogens is 2. The molecule has 0 amide bonds. The molecule has 0 spiro atoms. The fourth-order valence-electron chi connectivity index (χ4n) is 2.75. The summed E-state index contributed by atoms with van der Waals surface area (Å²) in [6, 6.07) is 3.76. The number of hydrogen-bond donors (Lipinski definition) is 2. The van der Waals surface area contributed by atoms with Gasteiger partial charge < -0.3 is 4.84 Å². The molecule has 1 aromatic carbocycles. The molecule has 3 heterocycles. The summed E-state index contributed by atoms with van der Waals surface area (Å²) in [7, 11) is 0. The summed E-state index contributed by atoms with van der Waals surface area (Å²) in [6.45, 7) is 1.37. The number of benzene rings is 1. The molecule has 0 saturated carbocycles. The van der Waals surface area contributed by atoms with E-state index in [4.69, 9.17) is 9.68 Å². The number of aromatic nitrogens is 1. The smallest absolute Gasteiger partial charge is 0.137 e. The Labute approximate surface area is 141 Å². The second kappa shape index (κ2) is 6.56. The third-order valence-electron chi connectivity index (χ3n) is 4.03. The molecule has 8 heteroatoms. The molecule has 2 unspecified atom stereocenters. The maximum atomic E-state index is 13.9. The van der Waals surface area contributed by atoms with Crippen molar-refractivity contribution in [2.24, 2.45) is 0 Å². The Kier molecular flexibility index (Phi) is 4.28. The summed E-state index contributed by atoms with van der Waals surface area (Å²) in [6.07, 6.45) is 1.77. The highest BCUT2D eigenvalue weighted by atomic mass is 32.1. The van der Waals surface area contributed by atoms with Crippen LogP contribution in [0.1, 0.15) is 34.7 Å². The molecule has 1 saturated heterocycles. The van der Waals surface area contributed by atoms with E-state index in [2.05, 4.69) is 15.9 Å². The summed E-state index contributed by atoms with van der Waals surface area (Å²) in [4.78, 5) is 15.2. The van der Waals surface area contributed by atoms with Crippen LogP contribution in [0, 0.1) is 11.6 Å². The first-order chi connectivity index (χ1) is 11.7. The van der Waals surface area contributed by atoms with Gasteiger partial charge in [0.2, 0.25) is 0 Å². The molecule has 2 N–H and O–H groups in total. The minimum Gasteiger partial charge on any atom is -0.301 e. The second-order valence-electron chi connectivity index (χ2n) is 5.62. The van der Waals surface area contributed by atoms with Gasteiger partial charge in [0, 0.05) is 17.8 Å². The van der Waals surface area contributed by atoms with Gasteiger partial charge in [0.05, 0.1) is 28.6 Å². The molecule has 0 bridgehead atoms. The van der Waals surface area contributed by atoms with Crippen molar-refractivity contribution in [1.29, 1.82) is 0 Å². The van der Waals surface area contributed by atoms with Gasteiger partial charge in [-0.15, -0.1) is 11.3 Å². The van der Waals surface area contributed by atoms with Crippen molar-refractivity contribution in [1.82, 2.24) is 15.9 Å². The van der Waals surface area contributed by atoms with Crippen LogP contribution >= 0.6 is 11.3 Å². The normalized spacial score (nSPS) is 23.8. The molecule has 2 aromatic rings. The first-order valence-electron chi connectivity index (χ1n) is 7.60. The Morgan fingerprint density at radius 3 is 2.83 bits per heavy atom. The number of hydroxylamine groups is 2. The van der Waals surface area contributed by atoms with Gasteiger partial charge in [-0.2, -0.15) is 0 Å². The summed E-state index contributed by atoms with van der Waals surface area (Å²) >= 11 is 1.54. The summed E-state index contributed by atoms with van der Waals surface area (Å²) in [5.41, 5.74) is 6.77. The van der Waals surface area contributed by atoms with E-state index < -0.39 is 17.7 Å². The molecule has 0 radical (unpaired) electrons. The molecule has 1 aromatic heterocycles. The van der Waals surface area contributed by atoms with Crippen LogP contribution in [0.5, 0.6) is 0 Å². The zero-order valence-corrected chi connectivity index (χ0v) is 13.4. The number of hydrogen-bond acceptors (Lipinski definition) is 6. The van der Waals surface area contributed by atoms with Crippen LogP contribution in [0.15, 0.2) is 29.7 Å². The van der Waals surface area contributed by atoms with E-state index >= 15 is 0 Å². The lowest BCUT2D eigenvalue weighted by Crippen LogP contribution is -2.28. The Morgan fingerprint density at radius 1 is 1.25 bits per heavy atom. The molecule has 4 rings (SSSR count). The predicted octanol–water partition coefficient (Wildman–Crippen LogP) is 3.05. The first-order valence-corrected chi connectivity index (χ1v) is 8.48. The summed E-state index contributed by atoms with van der Waals surface area (Å²) < 4.78 is 27.7. The molecule has 5 nitrogen and oxygen atoms in total. The lowest BCUT2D eigenvalue weighted by Gasteiger charge is -2.20. The summed E-state index contributed by atoms with van der Waals surface area (Å²) in [5.74, 6) is -1.01. The fourth-order valence-corrected chi connectivity index (χ4v) is 3.69. The summed E-state index contributed by atoms with van der Waals surface area (Å²) in [5, 5.41) is 2.88. The third-order valence-corrected chi connectivity index (χ3v) is 5.03. The number of nitrogens with one attached hydrogen (secondary N) is 2. The monoisotopic (exact) mass is 351 g/mol. The van der Waals surface area contributed by atoms with Gasteiger partial charge in [0.15, 0.2) is 0 Å². The average Bonchev–Trinajstić information content (AvgIpc) is 3.25. The Balaban J connectivity index is 1.56. The maximum Gasteiger partial charge on any atom is 0.137 e. The standard InChI is InChI=1S/C16H15F2N3O2S/c17-10-2-1-3-11(18)15(10)14-6-12(21-23-14)13-8-24-16(20-13)9-4-5-19-22-7-9/h1-3,6,8-9,14,19,21H,4-5,7H2. The van der Waals surface area contributed by atoms with Crippen LogP contribution in [-0.4, -0.2) is 18.1 Å². The second-order valence-corrected chi connectivity index (χ2v) is 6.51. The quantitative estimate of drug-likeness (QED) is 0.890. The van der Waals surface area contributed by atoms with E-state index in [9.17, 15) is 8.78 Å². The molecular formula is C16H15F2N3O2S. The van der Waals surface area contributed by atoms with Crippen LogP contribution < -0.4 is 11.0 Å². The van der Waals surface area contributed by atoms with Crippen molar-refractivity contribution >= 4 is 17.0 Å². The molecule has 2 aliphatic rings. The molecule has 1 fully saturated rings. The van der Waals surface area contributed by atoms with Crippen molar-refractivity contribution in [2.75, 3.05) is 13.2 Å². The van der Waals surface area contributed by atoms with Gasteiger partial charge in [-0.1, -0.05) is 6.07 Å². The van der Waals surface area contributed by atoms with E-state index in [0.29, 0.717) is 18.0 Å². The highest BCUT2D eigenvalue weighted by Crippen LogP contribution is 2.33. The minimum atomic E-state index is -0.825. The van der Waals surface area contributed by atoms with Crippen molar-refractivity contribution in [2.45, 2.75) is 18.4 Å². The van der Waals surface area contributed by atoms with Gasteiger partial charge in [-0.05, 0) is 24.6 Å². The average molecular weight is 351 g/mol. The van der Waals surface area contributed by atoms with Crippen molar-refractivity contribution in [3.63, 3.8) is 0 Å². The van der Waals surface area contributed by atoms with Crippen LogP contribution in [0.2, 0.25) is 0 Å². The fraction of sp³-hybridized carbons (Fsp3) is 0.312. The van der Waals surface area contributed by atoms with Gasteiger partial charge in [0.25, 0.3) is 0 Å². The third kappa shape index (κ3) is 2.93. The Hall–Kier alpha value is -1.87. The minimum absolute atomic E-state index is 0.109. The molecule has 24 heavy (non-hydrogen) atoms. The van der Waals surface area contributed by atoms with Crippen LogP contribution in [0.3, 0.4) is 0 Å². The van der Waals surface area contributed by atoms with E-state index in [-0.39, 0.29) is 11.5 Å². The predicted molar refractivity (Wildman–Crippen MR) is 84.7 cm³/mol. The van der Waals surface area contributed by atoms with E-state index in [1.54, 1.807) is 17.4 Å². The molecule has 126 valence electrons. The van der Waals surface area contributed by atoms with Crippen LogP contribution in [-0.2, 0) is 9.68 Å². The lowest BCUT2D eigenvalue weighted by atomic mass is 10.1. The number of nitrogens with zero attached hydrogens (tertiary/aromatic N) is 1. The van der Waals surface area contributed by atoms with Gasteiger partial charge >= 0.3 is 0 Å². The van der Waals surface area contributed by atoms with Crippen molar-refractivity contribution in [3.8, 4) is 0 Å². The van der Waals surface area contributed by atoms with Gasteiger partial charge in [-0.3, -0.25) is 10.3 Å². The number of thiazole rings is 1. The molecular weight excluding hydrogens is 336 g/mol. The number of rotatable bonds is 3. The zero-order chi connectivity index (χ0) is 16.5. The molecule has 2 aliphatic heterocycles. The molecule has 2 atom stereocenters. The molecule has 0 aliphatic carbocycles. The van der Waals surface area contributed by atoms with Gasteiger partial charge in [-0.25, -0.2) is 19.2 Å². The highest BCUT2D eigenvalue weighted by molar-refractivity contribution is 7.09. The van der Waals surface area contributed by atoms with Gasteiger partial charge in [0.1, 0.15) is 17.7 Å². The van der Waals surface area contributed by atoms with Crippen molar-refractivity contribution in [3.05, 3.63) is 57.6 Å². The first kappa shape index (κ1) is 15.6. The van der Waals surface area contributed by atoms with E-state index in [0.717, 1.165) is 18.0 Å². The maximum absolute atomic E-state index is 13.9. The van der Waals surface area contributed by atoms with Crippen molar-refractivity contribution < 1.29 is 18.5 Å². The van der Waals surface area contributed by atoms with Crippen LogP contribution in [0.4, 0.5) is 8.78 Å². The topological polar surface area (TPSA) is 55.4 Å².